The summed E-state index contributed by atoms with van der Waals surface area (Å²) in [6, 6.07) is 15.5. The van der Waals surface area contributed by atoms with Gasteiger partial charge in [0.05, 0.1) is 4.90 Å². The summed E-state index contributed by atoms with van der Waals surface area (Å²) in [5.41, 5.74) is 1.23. The van der Waals surface area contributed by atoms with Crippen molar-refractivity contribution < 1.29 is 13.2 Å². The minimum Gasteiger partial charge on any atom is -0.350 e. The van der Waals surface area contributed by atoms with Crippen LogP contribution >= 0.6 is 0 Å². The van der Waals surface area contributed by atoms with E-state index in [2.05, 4.69) is 5.32 Å². The number of nitrogens with zero attached hydrogens (tertiary/aromatic N) is 1. The standard InChI is InChI=1S/C18H22N2O3S/c1-14(2)19-18(21)16-10-7-11-17(12-16)24(22,23)20(3)13-15-8-5-4-6-9-15/h4-12,14H,13H2,1-3H3,(H,19,21). The first-order valence-corrected chi connectivity index (χ1v) is 9.16. The Hall–Kier alpha value is -2.18. The molecule has 0 heterocycles. The molecule has 0 aliphatic rings. The molecule has 0 spiro atoms. The van der Waals surface area contributed by atoms with E-state index in [4.69, 9.17) is 0 Å². The van der Waals surface area contributed by atoms with Crippen molar-refractivity contribution in [1.82, 2.24) is 9.62 Å². The Morgan fingerprint density at radius 1 is 1.08 bits per heavy atom. The maximum atomic E-state index is 12.7. The Morgan fingerprint density at radius 2 is 1.75 bits per heavy atom. The predicted molar refractivity (Wildman–Crippen MR) is 94.1 cm³/mol. The fourth-order valence-corrected chi connectivity index (χ4v) is 3.45. The molecule has 0 saturated carbocycles. The van der Waals surface area contributed by atoms with Crippen LogP contribution in [0.2, 0.25) is 0 Å². The second-order valence-electron chi connectivity index (χ2n) is 5.90. The Bertz CT molecular complexity index is 802. The van der Waals surface area contributed by atoms with Crippen molar-refractivity contribution in [2.45, 2.75) is 31.3 Å². The molecule has 2 aromatic rings. The molecule has 0 radical (unpaired) electrons. The van der Waals surface area contributed by atoms with Crippen molar-refractivity contribution in [2.75, 3.05) is 7.05 Å². The van der Waals surface area contributed by atoms with Gasteiger partial charge in [0.2, 0.25) is 10.0 Å². The lowest BCUT2D eigenvalue weighted by Gasteiger charge is -2.18. The summed E-state index contributed by atoms with van der Waals surface area (Å²) >= 11 is 0. The van der Waals surface area contributed by atoms with E-state index in [-0.39, 0.29) is 23.4 Å². The van der Waals surface area contributed by atoms with Crippen LogP contribution < -0.4 is 5.32 Å². The van der Waals surface area contributed by atoms with Crippen LogP contribution in [0.5, 0.6) is 0 Å². The zero-order valence-corrected chi connectivity index (χ0v) is 14.9. The molecule has 6 heteroatoms. The second kappa shape index (κ2) is 7.59. The van der Waals surface area contributed by atoms with Crippen molar-refractivity contribution >= 4 is 15.9 Å². The summed E-state index contributed by atoms with van der Waals surface area (Å²) in [6.07, 6.45) is 0. The van der Waals surface area contributed by atoms with Gasteiger partial charge in [-0.05, 0) is 37.6 Å². The van der Waals surface area contributed by atoms with E-state index in [0.717, 1.165) is 5.56 Å². The van der Waals surface area contributed by atoms with Crippen LogP contribution in [0.15, 0.2) is 59.5 Å². The number of sulfonamides is 1. The number of carbonyl (C=O) groups excluding carboxylic acids is 1. The molecule has 0 aromatic heterocycles. The van der Waals surface area contributed by atoms with Crippen LogP contribution in [-0.4, -0.2) is 31.7 Å². The van der Waals surface area contributed by atoms with E-state index in [1.165, 1.54) is 23.5 Å². The van der Waals surface area contributed by atoms with Gasteiger partial charge in [0.25, 0.3) is 5.91 Å². The second-order valence-corrected chi connectivity index (χ2v) is 7.95. The van der Waals surface area contributed by atoms with Gasteiger partial charge in [-0.25, -0.2) is 8.42 Å². The largest absolute Gasteiger partial charge is 0.350 e. The monoisotopic (exact) mass is 346 g/mol. The molecule has 0 atom stereocenters. The maximum absolute atomic E-state index is 12.7. The van der Waals surface area contributed by atoms with Gasteiger partial charge in [-0.3, -0.25) is 4.79 Å². The molecule has 0 unspecified atom stereocenters. The Labute approximate surface area is 143 Å². The summed E-state index contributed by atoms with van der Waals surface area (Å²) in [4.78, 5) is 12.2. The van der Waals surface area contributed by atoms with Gasteiger partial charge in [0, 0.05) is 25.2 Å². The molecular weight excluding hydrogens is 324 g/mol. The number of nitrogens with one attached hydrogen (secondary N) is 1. The first kappa shape index (κ1) is 18.2. The third-order valence-corrected chi connectivity index (χ3v) is 5.27. The van der Waals surface area contributed by atoms with Crippen molar-refractivity contribution in [1.29, 1.82) is 0 Å². The highest BCUT2D eigenvalue weighted by Crippen LogP contribution is 2.18. The number of amides is 1. The van der Waals surface area contributed by atoms with Crippen molar-refractivity contribution in [3.63, 3.8) is 0 Å². The molecule has 0 aliphatic heterocycles. The zero-order valence-electron chi connectivity index (χ0n) is 14.1. The topological polar surface area (TPSA) is 66.5 Å². The first-order valence-electron chi connectivity index (χ1n) is 7.72. The van der Waals surface area contributed by atoms with Crippen LogP contribution in [-0.2, 0) is 16.6 Å². The van der Waals surface area contributed by atoms with E-state index in [9.17, 15) is 13.2 Å². The molecule has 1 amide bonds. The molecule has 1 N–H and O–H groups in total. The normalized spacial score (nSPS) is 11.7. The highest BCUT2D eigenvalue weighted by molar-refractivity contribution is 7.89. The van der Waals surface area contributed by atoms with Gasteiger partial charge in [-0.1, -0.05) is 36.4 Å². The van der Waals surface area contributed by atoms with Crippen molar-refractivity contribution in [3.8, 4) is 0 Å². The first-order chi connectivity index (χ1) is 11.3. The molecule has 128 valence electrons. The maximum Gasteiger partial charge on any atom is 0.251 e. The molecule has 0 saturated heterocycles. The molecule has 0 aliphatic carbocycles. The van der Waals surface area contributed by atoms with E-state index in [0.29, 0.717) is 5.56 Å². The Balaban J connectivity index is 2.24. The summed E-state index contributed by atoms with van der Waals surface area (Å²) in [7, 11) is -2.14. The molecule has 24 heavy (non-hydrogen) atoms. The zero-order chi connectivity index (χ0) is 17.7. The van der Waals surface area contributed by atoms with E-state index in [1.54, 1.807) is 12.1 Å². The van der Waals surface area contributed by atoms with Crippen LogP contribution in [0, 0.1) is 0 Å². The predicted octanol–water partition coefficient (Wildman–Crippen LogP) is 2.65. The van der Waals surface area contributed by atoms with Gasteiger partial charge < -0.3 is 5.32 Å². The lowest BCUT2D eigenvalue weighted by Crippen LogP contribution is -2.30. The summed E-state index contributed by atoms with van der Waals surface area (Å²) < 4.78 is 26.7. The third kappa shape index (κ3) is 4.43. The van der Waals surface area contributed by atoms with Crippen molar-refractivity contribution in [2.24, 2.45) is 0 Å². The van der Waals surface area contributed by atoms with Gasteiger partial charge in [-0.15, -0.1) is 0 Å². The number of hydrogen-bond acceptors (Lipinski definition) is 3. The SMILES string of the molecule is CC(C)NC(=O)c1cccc(S(=O)(=O)N(C)Cc2ccccc2)c1. The average molecular weight is 346 g/mol. The quantitative estimate of drug-likeness (QED) is 0.874. The minimum atomic E-state index is -3.67. The van der Waals surface area contributed by atoms with Gasteiger partial charge >= 0.3 is 0 Å². The molecular formula is C18H22N2O3S. The molecule has 2 aromatic carbocycles. The van der Waals surface area contributed by atoms with Crippen molar-refractivity contribution in [3.05, 3.63) is 65.7 Å². The molecule has 0 fully saturated rings. The van der Waals surface area contributed by atoms with E-state index in [1.807, 2.05) is 44.2 Å². The lowest BCUT2D eigenvalue weighted by atomic mass is 10.2. The fourth-order valence-electron chi connectivity index (χ4n) is 2.25. The number of hydrogen-bond donors (Lipinski definition) is 1. The van der Waals surface area contributed by atoms with Gasteiger partial charge in [0.1, 0.15) is 0 Å². The Morgan fingerprint density at radius 3 is 2.38 bits per heavy atom. The van der Waals surface area contributed by atoms with E-state index < -0.39 is 10.0 Å². The number of rotatable bonds is 6. The average Bonchev–Trinajstić information content (AvgIpc) is 2.55. The fraction of sp³-hybridized carbons (Fsp3) is 0.278. The summed E-state index contributed by atoms with van der Waals surface area (Å²) in [5, 5.41) is 2.76. The Kier molecular flexibility index (Phi) is 5.75. The minimum absolute atomic E-state index is 0.0153. The third-order valence-electron chi connectivity index (χ3n) is 3.47. The van der Waals surface area contributed by atoms with E-state index >= 15 is 0 Å². The van der Waals surface area contributed by atoms with Crippen LogP contribution in [0.25, 0.3) is 0 Å². The number of carbonyl (C=O) groups is 1. The molecule has 5 nitrogen and oxygen atoms in total. The van der Waals surface area contributed by atoms with Crippen LogP contribution in [0.4, 0.5) is 0 Å². The molecule has 2 rings (SSSR count). The number of benzene rings is 2. The smallest absolute Gasteiger partial charge is 0.251 e. The van der Waals surface area contributed by atoms with Gasteiger partial charge in [-0.2, -0.15) is 4.31 Å². The lowest BCUT2D eigenvalue weighted by molar-refractivity contribution is 0.0943. The van der Waals surface area contributed by atoms with Gasteiger partial charge in [0.15, 0.2) is 0 Å². The summed E-state index contributed by atoms with van der Waals surface area (Å²) in [5.74, 6) is -0.284. The molecule has 0 bridgehead atoms. The summed E-state index contributed by atoms with van der Waals surface area (Å²) in [6.45, 7) is 3.98. The highest BCUT2D eigenvalue weighted by Gasteiger charge is 2.22. The van der Waals surface area contributed by atoms with Crippen LogP contribution in [0.1, 0.15) is 29.8 Å². The van der Waals surface area contributed by atoms with Crippen LogP contribution in [0.3, 0.4) is 0 Å². The highest BCUT2D eigenvalue weighted by atomic mass is 32.2.